The Bertz CT molecular complexity index is 1170. The molecule has 182 valence electrons. The van der Waals surface area contributed by atoms with Gasteiger partial charge in [-0.3, -0.25) is 9.78 Å². The van der Waals surface area contributed by atoms with Crippen molar-refractivity contribution in [2.45, 2.75) is 38.8 Å². The zero-order valence-corrected chi connectivity index (χ0v) is 20.2. The summed E-state index contributed by atoms with van der Waals surface area (Å²) in [6, 6.07) is 17.0. The Morgan fingerprint density at radius 1 is 0.943 bits per heavy atom. The van der Waals surface area contributed by atoms with Crippen LogP contribution in [0.4, 0.5) is 10.5 Å². The van der Waals surface area contributed by atoms with Crippen LogP contribution in [0.2, 0.25) is 0 Å². The Morgan fingerprint density at radius 2 is 1.63 bits per heavy atom. The number of aromatic nitrogens is 1. The highest BCUT2D eigenvalue weighted by molar-refractivity contribution is 5.99. The Hall–Kier alpha value is -4.20. The molecule has 1 heterocycles. The van der Waals surface area contributed by atoms with E-state index in [1.54, 1.807) is 57.4 Å². The predicted octanol–water partition coefficient (Wildman–Crippen LogP) is 4.61. The van der Waals surface area contributed by atoms with E-state index < -0.39 is 29.6 Å². The van der Waals surface area contributed by atoms with Crippen LogP contribution in [0.15, 0.2) is 73.1 Å². The highest BCUT2D eigenvalue weighted by atomic mass is 16.6. The van der Waals surface area contributed by atoms with Crippen LogP contribution in [-0.4, -0.2) is 41.7 Å². The molecule has 2 amide bonds. The molecule has 0 aliphatic carbocycles. The lowest BCUT2D eigenvalue weighted by molar-refractivity contribution is -0.118. The fourth-order valence-electron chi connectivity index (χ4n) is 3.38. The molecule has 3 aromatic rings. The van der Waals surface area contributed by atoms with Crippen molar-refractivity contribution in [2.24, 2.45) is 0 Å². The van der Waals surface area contributed by atoms with Gasteiger partial charge >= 0.3 is 12.1 Å². The smallest absolute Gasteiger partial charge is 0.408 e. The number of hydrogen-bond acceptors (Lipinski definition) is 6. The van der Waals surface area contributed by atoms with E-state index in [2.05, 4.69) is 15.6 Å². The summed E-state index contributed by atoms with van der Waals surface area (Å²) >= 11 is 0. The second kappa shape index (κ2) is 11.3. The van der Waals surface area contributed by atoms with Crippen molar-refractivity contribution in [2.75, 3.05) is 12.4 Å². The maximum Gasteiger partial charge on any atom is 0.408 e. The molecule has 0 fully saturated rings. The predicted molar refractivity (Wildman–Crippen MR) is 133 cm³/mol. The largest absolute Gasteiger partial charge is 0.465 e. The molecule has 0 spiro atoms. The molecule has 3 rings (SSSR count). The molecule has 2 aromatic carbocycles. The van der Waals surface area contributed by atoms with Crippen LogP contribution in [-0.2, 0) is 20.7 Å². The summed E-state index contributed by atoms with van der Waals surface area (Å²) in [6.07, 6.45) is 2.83. The first-order valence-electron chi connectivity index (χ1n) is 11.1. The molecule has 0 aliphatic heterocycles. The number of rotatable bonds is 7. The molecule has 1 aromatic heterocycles. The third-order valence-electron chi connectivity index (χ3n) is 4.93. The van der Waals surface area contributed by atoms with Gasteiger partial charge in [-0.15, -0.1) is 0 Å². The third kappa shape index (κ3) is 7.67. The van der Waals surface area contributed by atoms with E-state index in [1.165, 1.54) is 13.2 Å². The molecule has 8 nitrogen and oxygen atoms in total. The molecule has 0 bridgehead atoms. The minimum atomic E-state index is -0.918. The van der Waals surface area contributed by atoms with Gasteiger partial charge in [-0.2, -0.15) is 0 Å². The Morgan fingerprint density at radius 3 is 2.26 bits per heavy atom. The SMILES string of the molecule is COC(=O)c1cc(NC(=O)C(Cc2ccccc2)NC(=O)OC(C)(C)C)cc(-c2ccncc2)c1. The second-order valence-corrected chi connectivity index (χ2v) is 8.90. The van der Waals surface area contributed by atoms with Gasteiger partial charge in [-0.05, 0) is 67.8 Å². The van der Waals surface area contributed by atoms with E-state index in [-0.39, 0.29) is 12.0 Å². The molecular weight excluding hydrogens is 446 g/mol. The molecule has 0 saturated carbocycles. The van der Waals surface area contributed by atoms with Crippen LogP contribution in [0.25, 0.3) is 11.1 Å². The summed E-state index contributed by atoms with van der Waals surface area (Å²) < 4.78 is 10.2. The van der Waals surface area contributed by atoms with Crippen molar-refractivity contribution in [3.05, 3.63) is 84.2 Å². The number of carbonyl (C=O) groups is 3. The van der Waals surface area contributed by atoms with Gasteiger partial charge in [0.15, 0.2) is 0 Å². The zero-order valence-electron chi connectivity index (χ0n) is 20.2. The number of methoxy groups -OCH3 is 1. The maximum absolute atomic E-state index is 13.3. The Kier molecular flexibility index (Phi) is 8.20. The summed E-state index contributed by atoms with van der Waals surface area (Å²) in [7, 11) is 1.29. The number of nitrogens with zero attached hydrogens (tertiary/aromatic N) is 1. The monoisotopic (exact) mass is 475 g/mol. The van der Waals surface area contributed by atoms with E-state index >= 15 is 0 Å². The molecule has 0 aliphatic rings. The number of benzene rings is 2. The molecule has 1 unspecified atom stereocenters. The Balaban J connectivity index is 1.89. The van der Waals surface area contributed by atoms with Crippen LogP contribution < -0.4 is 10.6 Å². The quantitative estimate of drug-likeness (QED) is 0.484. The topological polar surface area (TPSA) is 107 Å². The lowest BCUT2D eigenvalue weighted by atomic mass is 10.0. The van der Waals surface area contributed by atoms with Crippen molar-refractivity contribution in [3.8, 4) is 11.1 Å². The molecule has 0 saturated heterocycles. The van der Waals surface area contributed by atoms with Crippen molar-refractivity contribution >= 4 is 23.7 Å². The van der Waals surface area contributed by atoms with Crippen LogP contribution in [0.1, 0.15) is 36.7 Å². The van der Waals surface area contributed by atoms with Crippen LogP contribution in [0, 0.1) is 0 Å². The highest BCUT2D eigenvalue weighted by Crippen LogP contribution is 2.25. The molecule has 1 atom stereocenters. The minimum Gasteiger partial charge on any atom is -0.465 e. The van der Waals surface area contributed by atoms with Crippen LogP contribution in [0.3, 0.4) is 0 Å². The van der Waals surface area contributed by atoms with Crippen LogP contribution >= 0.6 is 0 Å². The Labute approximate surface area is 204 Å². The summed E-state index contributed by atoms with van der Waals surface area (Å²) in [4.78, 5) is 42.1. The van der Waals surface area contributed by atoms with Crippen molar-refractivity contribution in [1.82, 2.24) is 10.3 Å². The van der Waals surface area contributed by atoms with Crippen molar-refractivity contribution < 1.29 is 23.9 Å². The molecule has 8 heteroatoms. The van der Waals surface area contributed by atoms with Crippen LogP contribution in [0.5, 0.6) is 0 Å². The summed E-state index contributed by atoms with van der Waals surface area (Å²) in [6.45, 7) is 5.24. The third-order valence-corrected chi connectivity index (χ3v) is 4.93. The lowest BCUT2D eigenvalue weighted by Crippen LogP contribution is -2.47. The van der Waals surface area contributed by atoms with E-state index in [1.807, 2.05) is 30.3 Å². The number of hydrogen-bond donors (Lipinski definition) is 2. The van der Waals surface area contributed by atoms with Gasteiger partial charge in [0.2, 0.25) is 5.91 Å². The molecule has 0 radical (unpaired) electrons. The summed E-state index contributed by atoms with van der Waals surface area (Å²) in [5, 5.41) is 5.49. The summed E-state index contributed by atoms with van der Waals surface area (Å²) in [5.74, 6) is -0.994. The number of amides is 2. The minimum absolute atomic E-state index is 0.250. The number of anilines is 1. The maximum atomic E-state index is 13.3. The number of alkyl carbamates (subject to hydrolysis) is 1. The average Bonchev–Trinajstić information content (AvgIpc) is 2.83. The van der Waals surface area contributed by atoms with E-state index in [0.717, 1.165) is 11.1 Å². The van der Waals surface area contributed by atoms with Crippen molar-refractivity contribution in [3.63, 3.8) is 0 Å². The van der Waals surface area contributed by atoms with Gasteiger partial charge in [0, 0.05) is 24.5 Å². The fraction of sp³-hybridized carbons (Fsp3) is 0.259. The first-order chi connectivity index (χ1) is 16.6. The normalized spacial score (nSPS) is 11.8. The van der Waals surface area contributed by atoms with Gasteiger partial charge in [0.25, 0.3) is 0 Å². The standard InChI is InChI=1S/C27H29N3O5/c1-27(2,3)35-26(33)30-23(14-18-8-6-5-7-9-18)24(31)29-22-16-20(19-10-12-28-13-11-19)15-21(17-22)25(32)34-4/h5-13,15-17,23H,14H2,1-4H3,(H,29,31)(H,30,33). The average molecular weight is 476 g/mol. The van der Waals surface area contributed by atoms with Crippen molar-refractivity contribution in [1.29, 1.82) is 0 Å². The highest BCUT2D eigenvalue weighted by Gasteiger charge is 2.25. The van der Waals surface area contributed by atoms with E-state index in [0.29, 0.717) is 11.3 Å². The molecule has 35 heavy (non-hydrogen) atoms. The molecular formula is C27H29N3O5. The van der Waals surface area contributed by atoms with E-state index in [9.17, 15) is 14.4 Å². The number of pyridine rings is 1. The number of esters is 1. The van der Waals surface area contributed by atoms with Gasteiger partial charge < -0.3 is 20.1 Å². The number of ether oxygens (including phenoxy) is 2. The van der Waals surface area contributed by atoms with Gasteiger partial charge in [-0.1, -0.05) is 30.3 Å². The van der Waals surface area contributed by atoms with Gasteiger partial charge in [0.1, 0.15) is 11.6 Å². The first-order valence-corrected chi connectivity index (χ1v) is 11.1. The first kappa shape index (κ1) is 25.4. The molecule has 2 N–H and O–H groups in total. The zero-order chi connectivity index (χ0) is 25.4. The van der Waals surface area contributed by atoms with Gasteiger partial charge in [0.05, 0.1) is 12.7 Å². The van der Waals surface area contributed by atoms with Gasteiger partial charge in [-0.25, -0.2) is 9.59 Å². The van der Waals surface area contributed by atoms with E-state index in [4.69, 9.17) is 9.47 Å². The number of carbonyl (C=O) groups excluding carboxylic acids is 3. The number of nitrogens with one attached hydrogen (secondary N) is 2. The summed E-state index contributed by atoms with van der Waals surface area (Å²) in [5.41, 5.74) is 2.32. The fourth-order valence-corrected chi connectivity index (χ4v) is 3.38. The lowest BCUT2D eigenvalue weighted by Gasteiger charge is -2.23. The second-order valence-electron chi connectivity index (χ2n) is 8.90.